The Morgan fingerprint density at radius 1 is 1.27 bits per heavy atom. The highest BCUT2D eigenvalue weighted by molar-refractivity contribution is 6.04. The highest BCUT2D eigenvalue weighted by atomic mass is 16.1. The Morgan fingerprint density at radius 3 is 2.53 bits per heavy atom. The zero-order valence-electron chi connectivity index (χ0n) is 8.46. The zero-order valence-corrected chi connectivity index (χ0v) is 8.46. The number of H-pyrrole nitrogens is 2. The highest BCUT2D eigenvalue weighted by Gasteiger charge is 2.12. The number of nitrogens with one attached hydrogen (secondary N) is 3. The molecule has 0 unspecified atom stereocenters. The number of rotatable bonds is 2. The Kier molecular flexibility index (Phi) is 2.24. The first kappa shape index (κ1) is 9.45. The van der Waals surface area contributed by atoms with E-state index in [9.17, 15) is 4.79 Å². The Morgan fingerprint density at radius 2 is 2.00 bits per heavy atom. The number of nitrogens with zero attached hydrogens (tertiary/aromatic N) is 2. The molecule has 0 bridgehead atoms. The largest absolute Gasteiger partial charge is 0.307 e. The molecule has 6 nitrogen and oxygen atoms in total. The monoisotopic (exact) mass is 205 g/mol. The molecule has 2 heterocycles. The van der Waals surface area contributed by atoms with E-state index in [0.717, 1.165) is 11.3 Å². The summed E-state index contributed by atoms with van der Waals surface area (Å²) in [4.78, 5) is 11.7. The fourth-order valence-electron chi connectivity index (χ4n) is 1.23. The van der Waals surface area contributed by atoms with Crippen LogP contribution in [0.2, 0.25) is 0 Å². The molecule has 0 fully saturated rings. The summed E-state index contributed by atoms with van der Waals surface area (Å²) >= 11 is 0. The minimum Gasteiger partial charge on any atom is -0.307 e. The molecule has 3 N–H and O–H groups in total. The van der Waals surface area contributed by atoms with Crippen LogP contribution in [-0.2, 0) is 0 Å². The molecule has 0 aromatic carbocycles. The van der Waals surface area contributed by atoms with Gasteiger partial charge in [-0.05, 0) is 13.8 Å². The second-order valence-corrected chi connectivity index (χ2v) is 3.29. The maximum Gasteiger partial charge on any atom is 0.260 e. The van der Waals surface area contributed by atoms with E-state index in [1.807, 2.05) is 6.92 Å². The molecule has 15 heavy (non-hydrogen) atoms. The lowest BCUT2D eigenvalue weighted by molar-refractivity contribution is 0.102. The molecule has 1 amide bonds. The van der Waals surface area contributed by atoms with Gasteiger partial charge in [0.05, 0.1) is 18.0 Å². The lowest BCUT2D eigenvalue weighted by Crippen LogP contribution is -2.13. The highest BCUT2D eigenvalue weighted by Crippen LogP contribution is 2.11. The number of hydrogen-bond acceptors (Lipinski definition) is 3. The summed E-state index contributed by atoms with van der Waals surface area (Å²) in [6, 6.07) is 0. The van der Waals surface area contributed by atoms with Crippen LogP contribution in [0.15, 0.2) is 12.4 Å². The summed E-state index contributed by atoms with van der Waals surface area (Å²) in [6.07, 6.45) is 3.15. The van der Waals surface area contributed by atoms with Crippen LogP contribution >= 0.6 is 0 Å². The van der Waals surface area contributed by atoms with Crippen molar-refractivity contribution >= 4 is 11.7 Å². The van der Waals surface area contributed by atoms with Gasteiger partial charge in [0, 0.05) is 11.3 Å². The van der Waals surface area contributed by atoms with Crippen LogP contribution in [0.25, 0.3) is 0 Å². The number of carbonyl (C=O) groups excluding carboxylic acids is 1. The maximum absolute atomic E-state index is 11.7. The minimum absolute atomic E-state index is 0.200. The van der Waals surface area contributed by atoms with E-state index >= 15 is 0 Å². The molecule has 2 aromatic rings. The average Bonchev–Trinajstić information content (AvgIpc) is 2.76. The van der Waals surface area contributed by atoms with Crippen molar-refractivity contribution in [2.45, 2.75) is 13.8 Å². The fourth-order valence-corrected chi connectivity index (χ4v) is 1.23. The molecule has 0 radical (unpaired) electrons. The average molecular weight is 205 g/mol. The maximum atomic E-state index is 11.7. The van der Waals surface area contributed by atoms with E-state index in [2.05, 4.69) is 25.7 Å². The van der Waals surface area contributed by atoms with Gasteiger partial charge in [-0.2, -0.15) is 10.2 Å². The molecule has 0 saturated heterocycles. The first-order valence-electron chi connectivity index (χ1n) is 4.50. The predicted octanol–water partition coefficient (Wildman–Crippen LogP) is 1.00. The third-order valence-electron chi connectivity index (χ3n) is 2.14. The number of amides is 1. The van der Waals surface area contributed by atoms with Crippen molar-refractivity contribution in [3.8, 4) is 0 Å². The summed E-state index contributed by atoms with van der Waals surface area (Å²) in [5.41, 5.74) is 2.16. The van der Waals surface area contributed by atoms with Gasteiger partial charge < -0.3 is 5.32 Å². The summed E-state index contributed by atoms with van der Waals surface area (Å²) in [5, 5.41) is 15.7. The quantitative estimate of drug-likeness (QED) is 0.683. The summed E-state index contributed by atoms with van der Waals surface area (Å²) in [6.45, 7) is 3.66. The summed E-state index contributed by atoms with van der Waals surface area (Å²) in [7, 11) is 0. The van der Waals surface area contributed by atoms with Crippen molar-refractivity contribution in [1.82, 2.24) is 20.4 Å². The van der Waals surface area contributed by atoms with Gasteiger partial charge in [0.15, 0.2) is 0 Å². The molecule has 6 heteroatoms. The van der Waals surface area contributed by atoms with E-state index in [1.165, 1.54) is 6.20 Å². The molecule has 0 saturated carbocycles. The number of aromatic nitrogens is 4. The molecule has 2 rings (SSSR count). The van der Waals surface area contributed by atoms with Crippen molar-refractivity contribution in [2.75, 3.05) is 5.32 Å². The van der Waals surface area contributed by atoms with Crippen LogP contribution in [0.1, 0.15) is 21.6 Å². The first-order valence-corrected chi connectivity index (χ1v) is 4.50. The molecular weight excluding hydrogens is 194 g/mol. The zero-order chi connectivity index (χ0) is 10.8. The van der Waals surface area contributed by atoms with Crippen LogP contribution in [0.3, 0.4) is 0 Å². The van der Waals surface area contributed by atoms with Crippen molar-refractivity contribution in [3.05, 3.63) is 29.2 Å². The third-order valence-corrected chi connectivity index (χ3v) is 2.14. The fraction of sp³-hybridized carbons (Fsp3) is 0.222. The predicted molar refractivity (Wildman–Crippen MR) is 54.6 cm³/mol. The van der Waals surface area contributed by atoms with Gasteiger partial charge in [0.1, 0.15) is 5.82 Å². The molecular formula is C9H11N5O. The van der Waals surface area contributed by atoms with Crippen molar-refractivity contribution in [2.24, 2.45) is 0 Å². The van der Waals surface area contributed by atoms with E-state index in [-0.39, 0.29) is 5.91 Å². The van der Waals surface area contributed by atoms with Gasteiger partial charge in [-0.1, -0.05) is 0 Å². The van der Waals surface area contributed by atoms with E-state index in [1.54, 1.807) is 13.1 Å². The summed E-state index contributed by atoms with van der Waals surface area (Å²) < 4.78 is 0. The van der Waals surface area contributed by atoms with Crippen LogP contribution in [-0.4, -0.2) is 26.3 Å². The third kappa shape index (κ3) is 1.74. The van der Waals surface area contributed by atoms with Gasteiger partial charge in [-0.3, -0.25) is 15.0 Å². The van der Waals surface area contributed by atoms with E-state index in [0.29, 0.717) is 11.4 Å². The molecule has 78 valence electrons. The van der Waals surface area contributed by atoms with Crippen LogP contribution in [0.5, 0.6) is 0 Å². The van der Waals surface area contributed by atoms with E-state index in [4.69, 9.17) is 0 Å². The molecule has 0 aliphatic carbocycles. The number of aryl methyl sites for hydroxylation is 2. The topological polar surface area (TPSA) is 86.5 Å². The summed E-state index contributed by atoms with van der Waals surface area (Å²) in [5.74, 6) is 0.411. The Hall–Kier alpha value is -2.11. The van der Waals surface area contributed by atoms with Gasteiger partial charge in [-0.15, -0.1) is 0 Å². The van der Waals surface area contributed by atoms with Gasteiger partial charge in [-0.25, -0.2) is 0 Å². The first-order chi connectivity index (χ1) is 7.18. The number of aromatic amines is 2. The Bertz CT molecular complexity index is 484. The SMILES string of the molecule is Cc1cn[nH]c1NC(=O)c1cn[nH]c1C. The van der Waals surface area contributed by atoms with Crippen LogP contribution in [0, 0.1) is 13.8 Å². The van der Waals surface area contributed by atoms with Gasteiger partial charge in [0.2, 0.25) is 0 Å². The molecule has 0 spiro atoms. The van der Waals surface area contributed by atoms with Crippen LogP contribution in [0.4, 0.5) is 5.82 Å². The number of anilines is 1. The minimum atomic E-state index is -0.200. The normalized spacial score (nSPS) is 10.3. The lowest BCUT2D eigenvalue weighted by Gasteiger charge is -2.01. The molecule has 2 aromatic heterocycles. The smallest absolute Gasteiger partial charge is 0.260 e. The standard InChI is InChI=1S/C9H11N5O/c1-5-3-10-14-8(5)12-9(15)7-4-11-13-6(7)2/h3-4H,1-2H3,(H,11,13)(H2,10,12,14,15). The lowest BCUT2D eigenvalue weighted by atomic mass is 10.2. The molecule has 0 aliphatic rings. The molecule has 0 atom stereocenters. The van der Waals surface area contributed by atoms with Crippen LogP contribution < -0.4 is 5.32 Å². The Labute approximate surface area is 86.1 Å². The van der Waals surface area contributed by atoms with Crippen molar-refractivity contribution < 1.29 is 4.79 Å². The van der Waals surface area contributed by atoms with Crippen molar-refractivity contribution in [3.63, 3.8) is 0 Å². The molecule has 0 aliphatic heterocycles. The van der Waals surface area contributed by atoms with Gasteiger partial charge >= 0.3 is 0 Å². The van der Waals surface area contributed by atoms with E-state index < -0.39 is 0 Å². The van der Waals surface area contributed by atoms with Crippen molar-refractivity contribution in [1.29, 1.82) is 0 Å². The van der Waals surface area contributed by atoms with Gasteiger partial charge in [0.25, 0.3) is 5.91 Å². The second-order valence-electron chi connectivity index (χ2n) is 3.29. The number of hydrogen-bond donors (Lipinski definition) is 3. The second kappa shape index (κ2) is 3.56. The Balaban J connectivity index is 2.18. The number of carbonyl (C=O) groups is 1.